The molecule has 18 heavy (non-hydrogen) atoms. The third-order valence-electron chi connectivity index (χ3n) is 3.79. The summed E-state index contributed by atoms with van der Waals surface area (Å²) in [6.45, 7) is 4.51. The van der Waals surface area contributed by atoms with E-state index in [0.717, 1.165) is 18.8 Å². The van der Waals surface area contributed by atoms with Gasteiger partial charge in [-0.25, -0.2) is 9.97 Å². The maximum absolute atomic E-state index is 12.0. The molecule has 5 heteroatoms. The molecular weight excluding hydrogens is 250 g/mol. The number of amides is 1. The van der Waals surface area contributed by atoms with E-state index in [0.29, 0.717) is 16.8 Å². The molecule has 1 aliphatic rings. The van der Waals surface area contributed by atoms with Gasteiger partial charge in [0.15, 0.2) is 0 Å². The standard InChI is InChI=1S/C13H18ClN3O/c1-8-3-4-10(5-9(8)2)17-13(18)11-6-16-12(14)7-15-11/h6-10H,3-5H2,1-2H3,(H,17,18). The summed E-state index contributed by atoms with van der Waals surface area (Å²) in [6, 6.07) is 0.251. The highest BCUT2D eigenvalue weighted by molar-refractivity contribution is 6.29. The van der Waals surface area contributed by atoms with Crippen LogP contribution in [0.1, 0.15) is 43.6 Å². The van der Waals surface area contributed by atoms with Gasteiger partial charge in [-0.1, -0.05) is 25.4 Å². The highest BCUT2D eigenvalue weighted by Gasteiger charge is 2.26. The summed E-state index contributed by atoms with van der Waals surface area (Å²) in [5, 5.41) is 3.32. The number of hydrogen-bond donors (Lipinski definition) is 1. The Kier molecular flexibility index (Phi) is 4.17. The molecule has 2 rings (SSSR count). The zero-order valence-electron chi connectivity index (χ0n) is 10.7. The maximum Gasteiger partial charge on any atom is 0.271 e. The molecule has 1 fully saturated rings. The van der Waals surface area contributed by atoms with Crippen molar-refractivity contribution in [2.75, 3.05) is 0 Å². The number of hydrogen-bond acceptors (Lipinski definition) is 3. The van der Waals surface area contributed by atoms with Crippen LogP contribution in [-0.2, 0) is 0 Å². The Morgan fingerprint density at radius 1 is 1.28 bits per heavy atom. The summed E-state index contributed by atoms with van der Waals surface area (Å²) in [4.78, 5) is 19.8. The van der Waals surface area contributed by atoms with Gasteiger partial charge in [-0.3, -0.25) is 4.79 Å². The van der Waals surface area contributed by atoms with Crippen LogP contribution in [0.15, 0.2) is 12.4 Å². The summed E-state index contributed by atoms with van der Waals surface area (Å²) in [5.74, 6) is 1.24. The van der Waals surface area contributed by atoms with Gasteiger partial charge >= 0.3 is 0 Å². The summed E-state index contributed by atoms with van der Waals surface area (Å²) in [5.41, 5.74) is 0.325. The Hall–Kier alpha value is -1.16. The van der Waals surface area contributed by atoms with Crippen LogP contribution in [0.3, 0.4) is 0 Å². The number of carbonyl (C=O) groups excluding carboxylic acids is 1. The number of aromatic nitrogens is 2. The topological polar surface area (TPSA) is 54.9 Å². The lowest BCUT2D eigenvalue weighted by Crippen LogP contribution is -2.40. The first-order valence-electron chi connectivity index (χ1n) is 6.34. The minimum atomic E-state index is -0.161. The van der Waals surface area contributed by atoms with E-state index in [-0.39, 0.29) is 11.9 Å². The normalized spacial score (nSPS) is 27.8. The molecule has 0 radical (unpaired) electrons. The molecule has 0 spiro atoms. The number of nitrogens with zero attached hydrogens (tertiary/aromatic N) is 2. The van der Waals surface area contributed by atoms with E-state index < -0.39 is 0 Å². The maximum atomic E-state index is 12.0. The molecule has 1 N–H and O–H groups in total. The summed E-state index contributed by atoms with van der Waals surface area (Å²) in [6.07, 6.45) is 6.04. The highest BCUT2D eigenvalue weighted by Crippen LogP contribution is 2.29. The first-order valence-corrected chi connectivity index (χ1v) is 6.72. The second-order valence-electron chi connectivity index (χ2n) is 5.16. The molecule has 1 heterocycles. The Morgan fingerprint density at radius 3 is 2.67 bits per heavy atom. The van der Waals surface area contributed by atoms with Crippen molar-refractivity contribution < 1.29 is 4.79 Å². The average Bonchev–Trinajstić information content (AvgIpc) is 2.34. The summed E-state index contributed by atoms with van der Waals surface area (Å²) < 4.78 is 0. The summed E-state index contributed by atoms with van der Waals surface area (Å²) in [7, 11) is 0. The van der Waals surface area contributed by atoms with Gasteiger partial charge in [-0.05, 0) is 31.1 Å². The van der Waals surface area contributed by atoms with E-state index in [4.69, 9.17) is 11.6 Å². The Bertz CT molecular complexity index is 421. The molecule has 3 unspecified atom stereocenters. The molecule has 1 saturated carbocycles. The Labute approximate surface area is 112 Å². The second kappa shape index (κ2) is 5.65. The van der Waals surface area contributed by atoms with E-state index in [1.54, 1.807) is 0 Å². The van der Waals surface area contributed by atoms with Gasteiger partial charge in [0.25, 0.3) is 5.91 Å². The van der Waals surface area contributed by atoms with Crippen molar-refractivity contribution in [2.24, 2.45) is 11.8 Å². The lowest BCUT2D eigenvalue weighted by Gasteiger charge is -2.32. The molecule has 1 amide bonds. The molecule has 0 aromatic carbocycles. The van der Waals surface area contributed by atoms with E-state index in [9.17, 15) is 4.79 Å². The predicted molar refractivity (Wildman–Crippen MR) is 70.5 cm³/mol. The van der Waals surface area contributed by atoms with Crippen molar-refractivity contribution in [3.63, 3.8) is 0 Å². The summed E-state index contributed by atoms with van der Waals surface area (Å²) >= 11 is 5.64. The lowest BCUT2D eigenvalue weighted by molar-refractivity contribution is 0.0905. The van der Waals surface area contributed by atoms with Crippen LogP contribution in [0.5, 0.6) is 0 Å². The zero-order valence-corrected chi connectivity index (χ0v) is 11.4. The van der Waals surface area contributed by atoms with Crippen LogP contribution in [0.4, 0.5) is 0 Å². The fourth-order valence-corrected chi connectivity index (χ4v) is 2.47. The van der Waals surface area contributed by atoms with Gasteiger partial charge in [-0.15, -0.1) is 0 Å². The molecule has 1 aromatic heterocycles. The van der Waals surface area contributed by atoms with Crippen LogP contribution in [0, 0.1) is 11.8 Å². The number of rotatable bonds is 2. The Morgan fingerprint density at radius 2 is 2.06 bits per heavy atom. The highest BCUT2D eigenvalue weighted by atomic mass is 35.5. The molecular formula is C13H18ClN3O. The largest absolute Gasteiger partial charge is 0.348 e. The molecule has 3 atom stereocenters. The number of nitrogens with one attached hydrogen (secondary N) is 1. The first-order chi connectivity index (χ1) is 8.56. The van der Waals surface area contributed by atoms with E-state index in [1.165, 1.54) is 18.8 Å². The first kappa shape index (κ1) is 13.3. The van der Waals surface area contributed by atoms with Gasteiger partial charge in [0.05, 0.1) is 12.4 Å². The zero-order chi connectivity index (χ0) is 13.1. The van der Waals surface area contributed by atoms with Crippen molar-refractivity contribution in [1.82, 2.24) is 15.3 Å². The van der Waals surface area contributed by atoms with Crippen molar-refractivity contribution in [3.8, 4) is 0 Å². The lowest BCUT2D eigenvalue weighted by atomic mass is 9.79. The van der Waals surface area contributed by atoms with Gasteiger partial charge in [-0.2, -0.15) is 0 Å². The van der Waals surface area contributed by atoms with Crippen LogP contribution in [-0.4, -0.2) is 21.9 Å². The molecule has 1 aromatic rings. The van der Waals surface area contributed by atoms with Crippen molar-refractivity contribution in [1.29, 1.82) is 0 Å². The molecule has 0 bridgehead atoms. The second-order valence-corrected chi connectivity index (χ2v) is 5.55. The number of carbonyl (C=O) groups is 1. The SMILES string of the molecule is CC1CCC(NC(=O)c2cnc(Cl)cn2)CC1C. The van der Waals surface area contributed by atoms with Gasteiger partial charge in [0.2, 0.25) is 0 Å². The molecule has 98 valence electrons. The van der Waals surface area contributed by atoms with Crippen molar-refractivity contribution >= 4 is 17.5 Å². The monoisotopic (exact) mass is 267 g/mol. The van der Waals surface area contributed by atoms with Crippen LogP contribution >= 0.6 is 11.6 Å². The van der Waals surface area contributed by atoms with E-state index in [1.807, 2.05) is 0 Å². The predicted octanol–water partition coefficient (Wildman–Crippen LogP) is 2.68. The minimum Gasteiger partial charge on any atom is -0.348 e. The van der Waals surface area contributed by atoms with Gasteiger partial charge in [0, 0.05) is 6.04 Å². The van der Waals surface area contributed by atoms with Gasteiger partial charge in [0.1, 0.15) is 10.8 Å². The van der Waals surface area contributed by atoms with Crippen LogP contribution < -0.4 is 5.32 Å². The number of halogens is 1. The smallest absolute Gasteiger partial charge is 0.271 e. The van der Waals surface area contributed by atoms with Crippen LogP contribution in [0.2, 0.25) is 5.15 Å². The molecule has 0 aliphatic heterocycles. The van der Waals surface area contributed by atoms with Crippen molar-refractivity contribution in [2.45, 2.75) is 39.2 Å². The van der Waals surface area contributed by atoms with E-state index in [2.05, 4.69) is 29.1 Å². The quantitative estimate of drug-likeness (QED) is 0.896. The van der Waals surface area contributed by atoms with Crippen LogP contribution in [0.25, 0.3) is 0 Å². The van der Waals surface area contributed by atoms with Crippen molar-refractivity contribution in [3.05, 3.63) is 23.2 Å². The van der Waals surface area contributed by atoms with E-state index >= 15 is 0 Å². The minimum absolute atomic E-state index is 0.161. The average molecular weight is 268 g/mol. The fourth-order valence-electron chi connectivity index (χ4n) is 2.37. The molecule has 0 saturated heterocycles. The third-order valence-corrected chi connectivity index (χ3v) is 3.98. The van der Waals surface area contributed by atoms with Gasteiger partial charge < -0.3 is 5.32 Å². The fraction of sp³-hybridized carbons (Fsp3) is 0.615. The third kappa shape index (κ3) is 3.19. The molecule has 1 aliphatic carbocycles. The molecule has 4 nitrogen and oxygen atoms in total. The Balaban J connectivity index is 1.93.